The molecule has 1 N–H and O–H groups in total. The molecule has 0 saturated heterocycles. The molecule has 1 heterocycles. The molecule has 2 aromatic rings. The molecule has 3 heteroatoms. The summed E-state index contributed by atoms with van der Waals surface area (Å²) in [5.41, 5.74) is 1.08. The van der Waals surface area contributed by atoms with Gasteiger partial charge in [0.2, 0.25) is 0 Å². The van der Waals surface area contributed by atoms with E-state index < -0.39 is 0 Å². The number of pyridine rings is 1. The highest BCUT2D eigenvalue weighted by Crippen LogP contribution is 2.13. The lowest BCUT2D eigenvalue weighted by molar-refractivity contribution is 0.362. The summed E-state index contributed by atoms with van der Waals surface area (Å²) in [5, 5.41) is 4.57. The van der Waals surface area contributed by atoms with Crippen molar-refractivity contribution in [1.29, 1.82) is 0 Å². The zero-order valence-electron chi connectivity index (χ0n) is 11.9. The van der Waals surface area contributed by atoms with Crippen LogP contribution in [0, 0.1) is 5.92 Å². The Balaban J connectivity index is 2.43. The molecule has 102 valence electrons. The first kappa shape index (κ1) is 13.8. The predicted octanol–water partition coefficient (Wildman–Crippen LogP) is 2.64. The molecule has 3 nitrogen and oxygen atoms in total. The maximum Gasteiger partial charge on any atom is 0.251 e. The average Bonchev–Trinajstić information content (AvgIpc) is 2.40. The third kappa shape index (κ3) is 3.04. The van der Waals surface area contributed by atoms with Crippen molar-refractivity contribution in [2.75, 3.05) is 6.54 Å². The topological polar surface area (TPSA) is 34.0 Å². The van der Waals surface area contributed by atoms with Crippen molar-refractivity contribution in [1.82, 2.24) is 9.88 Å². The molecule has 0 aliphatic carbocycles. The van der Waals surface area contributed by atoms with Crippen molar-refractivity contribution in [3.8, 4) is 0 Å². The molecule has 0 bridgehead atoms. The minimum absolute atomic E-state index is 0.0715. The number of benzene rings is 1. The number of nitrogens with zero attached hydrogens (tertiary/aromatic N) is 1. The monoisotopic (exact) mass is 258 g/mol. The van der Waals surface area contributed by atoms with E-state index in [1.54, 1.807) is 6.07 Å². The predicted molar refractivity (Wildman–Crippen MR) is 80.5 cm³/mol. The second-order valence-corrected chi connectivity index (χ2v) is 5.25. The number of nitrogens with one attached hydrogen (secondary N) is 1. The highest BCUT2D eigenvalue weighted by atomic mass is 16.1. The quantitative estimate of drug-likeness (QED) is 0.894. The van der Waals surface area contributed by atoms with Gasteiger partial charge in [0, 0.05) is 18.7 Å². The van der Waals surface area contributed by atoms with Gasteiger partial charge in [0.15, 0.2) is 0 Å². The van der Waals surface area contributed by atoms with Crippen molar-refractivity contribution < 1.29 is 0 Å². The molecule has 0 aliphatic heterocycles. The summed E-state index contributed by atoms with van der Waals surface area (Å²) in [7, 11) is 0. The van der Waals surface area contributed by atoms with E-state index in [-0.39, 0.29) is 5.56 Å². The standard InChI is InChI=1S/C16H22N2O/c1-4-17-14(12(2)3)11-18-15-8-6-5-7-13(15)9-10-16(18)19/h5-10,12,14,17H,4,11H2,1-3H3. The number of likely N-dealkylation sites (N-methyl/N-ethyl adjacent to an activating group) is 1. The van der Waals surface area contributed by atoms with Gasteiger partial charge in [0.25, 0.3) is 5.56 Å². The van der Waals surface area contributed by atoms with Crippen molar-refractivity contribution in [3.63, 3.8) is 0 Å². The van der Waals surface area contributed by atoms with Crippen molar-refractivity contribution in [2.45, 2.75) is 33.4 Å². The second-order valence-electron chi connectivity index (χ2n) is 5.25. The zero-order valence-corrected chi connectivity index (χ0v) is 11.9. The third-order valence-electron chi connectivity index (χ3n) is 3.55. The first-order valence-corrected chi connectivity index (χ1v) is 6.95. The first-order chi connectivity index (χ1) is 9.13. The molecule has 19 heavy (non-hydrogen) atoms. The molecule has 1 atom stereocenters. The van der Waals surface area contributed by atoms with Gasteiger partial charge in [-0.15, -0.1) is 0 Å². The number of para-hydroxylation sites is 1. The normalized spacial score (nSPS) is 13.1. The molecule has 1 aromatic heterocycles. The zero-order chi connectivity index (χ0) is 13.8. The Morgan fingerprint density at radius 2 is 1.89 bits per heavy atom. The highest BCUT2D eigenvalue weighted by molar-refractivity contribution is 5.78. The highest BCUT2D eigenvalue weighted by Gasteiger charge is 2.14. The molecule has 0 spiro atoms. The van der Waals surface area contributed by atoms with Crippen LogP contribution in [-0.2, 0) is 6.54 Å². The van der Waals surface area contributed by atoms with Crippen LogP contribution in [0.3, 0.4) is 0 Å². The van der Waals surface area contributed by atoms with E-state index in [0.29, 0.717) is 18.5 Å². The van der Waals surface area contributed by atoms with E-state index in [1.807, 2.05) is 34.9 Å². The van der Waals surface area contributed by atoms with Crippen LogP contribution in [0.2, 0.25) is 0 Å². The first-order valence-electron chi connectivity index (χ1n) is 6.95. The Hall–Kier alpha value is -1.61. The van der Waals surface area contributed by atoms with Gasteiger partial charge in [0.1, 0.15) is 0 Å². The Morgan fingerprint density at radius 1 is 1.16 bits per heavy atom. The van der Waals surface area contributed by atoms with Gasteiger partial charge in [-0.2, -0.15) is 0 Å². The number of rotatable bonds is 5. The fraction of sp³-hybridized carbons (Fsp3) is 0.438. The van der Waals surface area contributed by atoms with Crippen molar-refractivity contribution >= 4 is 10.9 Å². The van der Waals surface area contributed by atoms with Crippen LogP contribution in [0.5, 0.6) is 0 Å². The van der Waals surface area contributed by atoms with Gasteiger partial charge in [-0.25, -0.2) is 0 Å². The lowest BCUT2D eigenvalue weighted by Gasteiger charge is -2.23. The lowest BCUT2D eigenvalue weighted by atomic mass is 10.0. The number of hydrogen-bond acceptors (Lipinski definition) is 2. The van der Waals surface area contributed by atoms with E-state index in [0.717, 1.165) is 17.4 Å². The van der Waals surface area contributed by atoms with Gasteiger partial charge in [-0.1, -0.05) is 39.0 Å². The smallest absolute Gasteiger partial charge is 0.251 e. The second kappa shape index (κ2) is 6.02. The van der Waals surface area contributed by atoms with Gasteiger partial charge >= 0.3 is 0 Å². The van der Waals surface area contributed by atoms with Crippen LogP contribution in [0.1, 0.15) is 20.8 Å². The summed E-state index contributed by atoms with van der Waals surface area (Å²) in [5.74, 6) is 0.491. The van der Waals surface area contributed by atoms with Crippen LogP contribution in [-0.4, -0.2) is 17.2 Å². The molecule has 0 saturated carbocycles. The Morgan fingerprint density at radius 3 is 2.58 bits per heavy atom. The maximum absolute atomic E-state index is 12.1. The summed E-state index contributed by atoms with van der Waals surface area (Å²) < 4.78 is 1.88. The Bertz CT molecular complexity index is 601. The molecule has 0 aliphatic rings. The largest absolute Gasteiger partial charge is 0.312 e. The van der Waals surface area contributed by atoms with Gasteiger partial charge < -0.3 is 9.88 Å². The van der Waals surface area contributed by atoms with Gasteiger partial charge in [-0.05, 0) is 30.0 Å². The molecule has 0 radical (unpaired) electrons. The third-order valence-corrected chi connectivity index (χ3v) is 3.55. The molecule has 0 fully saturated rings. The molecule has 0 amide bonds. The maximum atomic E-state index is 12.1. The van der Waals surface area contributed by atoms with E-state index in [2.05, 4.69) is 26.1 Å². The van der Waals surface area contributed by atoms with Crippen LogP contribution in [0.25, 0.3) is 10.9 Å². The lowest BCUT2D eigenvalue weighted by Crippen LogP contribution is -2.40. The summed E-state index contributed by atoms with van der Waals surface area (Å²) in [6.07, 6.45) is 0. The van der Waals surface area contributed by atoms with Gasteiger partial charge in [-0.3, -0.25) is 4.79 Å². The molecule has 1 aromatic carbocycles. The van der Waals surface area contributed by atoms with Crippen LogP contribution >= 0.6 is 0 Å². The summed E-state index contributed by atoms with van der Waals surface area (Å²) in [6, 6.07) is 11.9. The summed E-state index contributed by atoms with van der Waals surface area (Å²) >= 11 is 0. The van der Waals surface area contributed by atoms with Gasteiger partial charge in [0.05, 0.1) is 5.52 Å². The van der Waals surface area contributed by atoms with E-state index in [1.165, 1.54) is 0 Å². The molecule has 2 rings (SSSR count). The van der Waals surface area contributed by atoms with Crippen molar-refractivity contribution in [2.24, 2.45) is 5.92 Å². The van der Waals surface area contributed by atoms with Crippen LogP contribution < -0.4 is 10.9 Å². The molecular weight excluding hydrogens is 236 g/mol. The van der Waals surface area contributed by atoms with E-state index in [4.69, 9.17) is 0 Å². The van der Waals surface area contributed by atoms with E-state index in [9.17, 15) is 4.79 Å². The number of aromatic nitrogens is 1. The van der Waals surface area contributed by atoms with Crippen LogP contribution in [0.15, 0.2) is 41.2 Å². The molecular formula is C16H22N2O. The summed E-state index contributed by atoms with van der Waals surface area (Å²) in [6.45, 7) is 8.10. The van der Waals surface area contributed by atoms with E-state index >= 15 is 0 Å². The van der Waals surface area contributed by atoms with Crippen molar-refractivity contribution in [3.05, 3.63) is 46.8 Å². The Labute approximate surface area is 114 Å². The number of fused-ring (bicyclic) bond motifs is 1. The minimum atomic E-state index is 0.0715. The fourth-order valence-corrected chi connectivity index (χ4v) is 2.40. The van der Waals surface area contributed by atoms with Crippen LogP contribution in [0.4, 0.5) is 0 Å². The average molecular weight is 258 g/mol. The SMILES string of the molecule is CCNC(Cn1c(=O)ccc2ccccc21)C(C)C. The number of hydrogen-bond donors (Lipinski definition) is 1. The fourth-order valence-electron chi connectivity index (χ4n) is 2.40. The minimum Gasteiger partial charge on any atom is -0.312 e. The summed E-state index contributed by atoms with van der Waals surface area (Å²) in [4.78, 5) is 12.1. The Kier molecular flexibility index (Phi) is 4.38. The molecule has 1 unspecified atom stereocenters.